The number of aliphatic hydroxyl groups is 1. The Morgan fingerprint density at radius 3 is 2.56 bits per heavy atom. The van der Waals surface area contributed by atoms with E-state index in [0.29, 0.717) is 6.54 Å². The quantitative estimate of drug-likeness (QED) is 0.352. The van der Waals surface area contributed by atoms with Crippen LogP contribution >= 0.6 is 0 Å². The molecule has 0 aromatic rings. The normalized spacial score (nSPS) is 12.6. The van der Waals surface area contributed by atoms with Crippen LogP contribution < -0.4 is 10.6 Å². The van der Waals surface area contributed by atoms with Crippen LogP contribution in [0.3, 0.4) is 0 Å². The third kappa shape index (κ3) is 7.43. The van der Waals surface area contributed by atoms with Gasteiger partial charge in [-0.3, -0.25) is 0 Å². The van der Waals surface area contributed by atoms with Crippen molar-refractivity contribution in [2.45, 2.75) is 26.7 Å². The SMILES string of the molecule is CN/C=C(\C=N)CNCCC(C)(C)CCO. The number of hydrogen-bond acceptors (Lipinski definition) is 4. The highest BCUT2D eigenvalue weighted by atomic mass is 16.3. The predicted molar refractivity (Wildman–Crippen MR) is 68.9 cm³/mol. The van der Waals surface area contributed by atoms with Crippen LogP contribution in [0.25, 0.3) is 0 Å². The summed E-state index contributed by atoms with van der Waals surface area (Å²) >= 11 is 0. The summed E-state index contributed by atoms with van der Waals surface area (Å²) in [7, 11) is 1.83. The Labute approximate surface area is 98.6 Å². The van der Waals surface area contributed by atoms with E-state index in [-0.39, 0.29) is 12.0 Å². The molecule has 0 bridgehead atoms. The van der Waals surface area contributed by atoms with Crippen molar-refractivity contribution in [3.05, 3.63) is 11.8 Å². The van der Waals surface area contributed by atoms with Gasteiger partial charge in [0.05, 0.1) is 0 Å². The lowest BCUT2D eigenvalue weighted by atomic mass is 9.86. The van der Waals surface area contributed by atoms with E-state index in [2.05, 4.69) is 24.5 Å². The minimum Gasteiger partial charge on any atom is -0.396 e. The molecular formula is C12H25N3O. The van der Waals surface area contributed by atoms with Gasteiger partial charge < -0.3 is 21.1 Å². The molecule has 0 aliphatic heterocycles. The standard InChI is InChI=1S/C12H25N3O/c1-12(2,5-7-16)4-6-15-10-11(8-13)9-14-3/h8-9,13-16H,4-7,10H2,1-3H3/b11-9+,13-8?. The van der Waals surface area contributed by atoms with Crippen LogP contribution in [-0.4, -0.2) is 38.1 Å². The number of rotatable bonds is 9. The van der Waals surface area contributed by atoms with Crippen LogP contribution in [0.4, 0.5) is 0 Å². The number of nitrogens with one attached hydrogen (secondary N) is 3. The molecule has 16 heavy (non-hydrogen) atoms. The van der Waals surface area contributed by atoms with Crippen molar-refractivity contribution in [3.8, 4) is 0 Å². The van der Waals surface area contributed by atoms with Crippen molar-refractivity contribution in [2.75, 3.05) is 26.7 Å². The maximum absolute atomic E-state index is 8.89. The van der Waals surface area contributed by atoms with Gasteiger partial charge in [-0.25, -0.2) is 0 Å². The van der Waals surface area contributed by atoms with E-state index < -0.39 is 0 Å². The second-order valence-electron chi connectivity index (χ2n) is 4.72. The van der Waals surface area contributed by atoms with Crippen molar-refractivity contribution in [2.24, 2.45) is 5.41 Å². The molecule has 0 aromatic heterocycles. The number of hydrogen-bond donors (Lipinski definition) is 4. The topological polar surface area (TPSA) is 68.1 Å². The summed E-state index contributed by atoms with van der Waals surface area (Å²) in [5, 5.41) is 22.3. The van der Waals surface area contributed by atoms with Crippen LogP contribution in [0.5, 0.6) is 0 Å². The largest absolute Gasteiger partial charge is 0.396 e. The van der Waals surface area contributed by atoms with Crippen LogP contribution in [0, 0.1) is 10.8 Å². The molecule has 0 radical (unpaired) electrons. The third-order valence-electron chi connectivity index (χ3n) is 2.61. The maximum Gasteiger partial charge on any atom is 0.0436 e. The van der Waals surface area contributed by atoms with Gasteiger partial charge >= 0.3 is 0 Å². The molecule has 4 heteroatoms. The van der Waals surface area contributed by atoms with Crippen LogP contribution in [0.1, 0.15) is 26.7 Å². The second kappa shape index (κ2) is 8.30. The van der Waals surface area contributed by atoms with E-state index in [9.17, 15) is 0 Å². The average Bonchev–Trinajstić information content (AvgIpc) is 2.22. The van der Waals surface area contributed by atoms with E-state index in [1.165, 1.54) is 6.21 Å². The van der Waals surface area contributed by atoms with E-state index in [0.717, 1.165) is 25.0 Å². The summed E-state index contributed by atoms with van der Waals surface area (Å²) < 4.78 is 0. The fraction of sp³-hybridized carbons (Fsp3) is 0.750. The van der Waals surface area contributed by atoms with Crippen molar-refractivity contribution in [1.29, 1.82) is 5.41 Å². The molecule has 0 atom stereocenters. The highest BCUT2D eigenvalue weighted by Crippen LogP contribution is 2.23. The molecule has 0 spiro atoms. The van der Waals surface area contributed by atoms with Gasteiger partial charge in [-0.1, -0.05) is 13.8 Å². The number of aliphatic hydroxyl groups excluding tert-OH is 1. The van der Waals surface area contributed by atoms with Gasteiger partial charge in [0.2, 0.25) is 0 Å². The maximum atomic E-state index is 8.89. The zero-order valence-corrected chi connectivity index (χ0v) is 10.6. The summed E-state index contributed by atoms with van der Waals surface area (Å²) in [5.74, 6) is 0. The van der Waals surface area contributed by atoms with Gasteiger partial charge in [0.1, 0.15) is 0 Å². The molecule has 0 aliphatic carbocycles. The van der Waals surface area contributed by atoms with Gasteiger partial charge in [-0.15, -0.1) is 0 Å². The zero-order chi connectivity index (χ0) is 12.4. The molecule has 4 N–H and O–H groups in total. The molecule has 0 unspecified atom stereocenters. The van der Waals surface area contributed by atoms with E-state index in [4.69, 9.17) is 10.5 Å². The van der Waals surface area contributed by atoms with Crippen LogP contribution in [0.15, 0.2) is 11.8 Å². The summed E-state index contributed by atoms with van der Waals surface area (Å²) in [6.07, 6.45) is 5.03. The Morgan fingerprint density at radius 2 is 2.06 bits per heavy atom. The lowest BCUT2D eigenvalue weighted by molar-refractivity contribution is 0.201. The first-order valence-electron chi connectivity index (χ1n) is 5.74. The lowest BCUT2D eigenvalue weighted by Crippen LogP contribution is -2.25. The van der Waals surface area contributed by atoms with Gasteiger partial charge in [0, 0.05) is 32.6 Å². The molecule has 0 aromatic carbocycles. The van der Waals surface area contributed by atoms with Crippen molar-refractivity contribution in [3.63, 3.8) is 0 Å². The highest BCUT2D eigenvalue weighted by Gasteiger charge is 2.15. The molecule has 0 amide bonds. The Bertz CT molecular complexity index is 224. The Morgan fingerprint density at radius 1 is 1.38 bits per heavy atom. The van der Waals surface area contributed by atoms with Crippen LogP contribution in [-0.2, 0) is 0 Å². The van der Waals surface area contributed by atoms with Gasteiger partial charge in [0.25, 0.3) is 0 Å². The van der Waals surface area contributed by atoms with Crippen molar-refractivity contribution in [1.82, 2.24) is 10.6 Å². The fourth-order valence-corrected chi connectivity index (χ4v) is 1.42. The minimum atomic E-state index is 0.180. The summed E-state index contributed by atoms with van der Waals surface area (Å²) in [4.78, 5) is 0. The van der Waals surface area contributed by atoms with Gasteiger partial charge in [-0.2, -0.15) is 0 Å². The van der Waals surface area contributed by atoms with E-state index in [1.54, 1.807) is 0 Å². The zero-order valence-electron chi connectivity index (χ0n) is 10.6. The minimum absolute atomic E-state index is 0.180. The first-order chi connectivity index (χ1) is 7.55. The second-order valence-corrected chi connectivity index (χ2v) is 4.72. The smallest absolute Gasteiger partial charge is 0.0436 e. The first-order valence-corrected chi connectivity index (χ1v) is 5.74. The van der Waals surface area contributed by atoms with E-state index in [1.807, 2.05) is 13.2 Å². The summed E-state index contributed by atoms with van der Waals surface area (Å²) in [5.41, 5.74) is 1.11. The molecule has 0 saturated carbocycles. The van der Waals surface area contributed by atoms with Crippen LogP contribution in [0.2, 0.25) is 0 Å². The van der Waals surface area contributed by atoms with E-state index >= 15 is 0 Å². The molecule has 0 saturated heterocycles. The molecule has 4 nitrogen and oxygen atoms in total. The molecular weight excluding hydrogens is 202 g/mol. The Kier molecular flexibility index (Phi) is 7.85. The first kappa shape index (κ1) is 15.1. The molecule has 0 heterocycles. The monoisotopic (exact) mass is 227 g/mol. The lowest BCUT2D eigenvalue weighted by Gasteiger charge is -2.23. The Hall–Kier alpha value is -0.870. The molecule has 0 rings (SSSR count). The average molecular weight is 227 g/mol. The van der Waals surface area contributed by atoms with Gasteiger partial charge in [0.15, 0.2) is 0 Å². The Balaban J connectivity index is 3.74. The molecule has 94 valence electrons. The summed E-state index contributed by atoms with van der Waals surface area (Å²) in [6.45, 7) is 6.18. The predicted octanol–water partition coefficient (Wildman–Crippen LogP) is 1.13. The highest BCUT2D eigenvalue weighted by molar-refractivity contribution is 5.75. The molecule has 0 aliphatic rings. The van der Waals surface area contributed by atoms with Gasteiger partial charge in [-0.05, 0) is 30.4 Å². The molecule has 0 fully saturated rings. The fourth-order valence-electron chi connectivity index (χ4n) is 1.42. The third-order valence-corrected chi connectivity index (χ3v) is 2.61. The summed E-state index contributed by atoms with van der Waals surface area (Å²) in [6, 6.07) is 0. The van der Waals surface area contributed by atoms with Crippen molar-refractivity contribution < 1.29 is 5.11 Å². The van der Waals surface area contributed by atoms with Crippen molar-refractivity contribution >= 4 is 6.21 Å².